The summed E-state index contributed by atoms with van der Waals surface area (Å²) in [4.78, 5) is 0. The van der Waals surface area contributed by atoms with Crippen LogP contribution in [0, 0.1) is 0 Å². The van der Waals surface area contributed by atoms with Crippen molar-refractivity contribution < 1.29 is 0 Å². The van der Waals surface area contributed by atoms with Crippen LogP contribution >= 0.6 is 0 Å². The molecule has 0 atom stereocenters. The summed E-state index contributed by atoms with van der Waals surface area (Å²) in [5.74, 6) is 0. The highest BCUT2D eigenvalue weighted by Crippen LogP contribution is 2.43. The second kappa shape index (κ2) is 12.5. The van der Waals surface area contributed by atoms with Crippen molar-refractivity contribution in [3.05, 3.63) is 212 Å². The molecule has 9 aromatic carbocycles. The lowest BCUT2D eigenvalue weighted by molar-refractivity contribution is 1.17. The zero-order chi connectivity index (χ0) is 37.5. The molecule has 0 spiro atoms. The molecule has 12 aromatic rings. The molecule has 12 rings (SSSR count). The summed E-state index contributed by atoms with van der Waals surface area (Å²) in [7, 11) is 0. The van der Waals surface area contributed by atoms with Crippen molar-refractivity contribution in [1.82, 2.24) is 13.7 Å². The fourth-order valence-electron chi connectivity index (χ4n) is 9.44. The summed E-state index contributed by atoms with van der Waals surface area (Å²) in [6.07, 6.45) is 0. The van der Waals surface area contributed by atoms with Crippen LogP contribution in [0.5, 0.6) is 0 Å². The lowest BCUT2D eigenvalue weighted by atomic mass is 9.99. The highest BCUT2D eigenvalue weighted by molar-refractivity contribution is 6.26. The molecule has 0 saturated heterocycles. The van der Waals surface area contributed by atoms with E-state index in [4.69, 9.17) is 0 Å². The Morgan fingerprint density at radius 2 is 0.719 bits per heavy atom. The maximum Gasteiger partial charge on any atom is 0.0641 e. The van der Waals surface area contributed by atoms with E-state index in [0.717, 1.165) is 17.1 Å². The van der Waals surface area contributed by atoms with Gasteiger partial charge in [0.1, 0.15) is 0 Å². The quantitative estimate of drug-likeness (QED) is 0.168. The molecule has 0 amide bonds. The van der Waals surface area contributed by atoms with E-state index in [1.54, 1.807) is 0 Å². The molecule has 0 N–H and O–H groups in total. The minimum absolute atomic E-state index is 1.14. The number of hydrogen-bond acceptors (Lipinski definition) is 0. The summed E-state index contributed by atoms with van der Waals surface area (Å²) in [6.45, 7) is 0. The molecule has 3 heterocycles. The van der Waals surface area contributed by atoms with Crippen molar-refractivity contribution in [2.45, 2.75) is 0 Å². The van der Waals surface area contributed by atoms with E-state index in [1.807, 2.05) is 0 Å². The fraction of sp³-hybridized carbons (Fsp3) is 0. The second-order valence-corrected chi connectivity index (χ2v) is 14.9. The van der Waals surface area contributed by atoms with E-state index >= 15 is 0 Å². The molecule has 3 heteroatoms. The number of para-hydroxylation sites is 4. The van der Waals surface area contributed by atoms with Crippen LogP contribution in [0.25, 0.3) is 105 Å². The molecule has 266 valence electrons. The maximum atomic E-state index is 2.46. The number of hydrogen-bond donors (Lipinski definition) is 0. The van der Waals surface area contributed by atoms with Gasteiger partial charge >= 0.3 is 0 Å². The highest BCUT2D eigenvalue weighted by Gasteiger charge is 2.22. The Balaban J connectivity index is 1.09. The molecule has 0 aliphatic carbocycles. The number of rotatable bonds is 5. The van der Waals surface area contributed by atoms with Gasteiger partial charge in [-0.1, -0.05) is 146 Å². The van der Waals surface area contributed by atoms with Crippen molar-refractivity contribution in [3.63, 3.8) is 0 Å². The summed E-state index contributed by atoms with van der Waals surface area (Å²) in [6, 6.07) is 77.3. The van der Waals surface area contributed by atoms with Gasteiger partial charge in [0.25, 0.3) is 0 Å². The van der Waals surface area contributed by atoms with Crippen LogP contribution in [0.15, 0.2) is 212 Å². The second-order valence-electron chi connectivity index (χ2n) is 14.9. The third-order valence-corrected chi connectivity index (χ3v) is 11.8. The third kappa shape index (κ3) is 4.73. The van der Waals surface area contributed by atoms with Gasteiger partial charge in [0.2, 0.25) is 0 Å². The Hall–Kier alpha value is -7.62. The molecule has 57 heavy (non-hydrogen) atoms. The van der Waals surface area contributed by atoms with E-state index in [2.05, 4.69) is 226 Å². The predicted molar refractivity (Wildman–Crippen MR) is 240 cm³/mol. The molecule has 0 radical (unpaired) electrons. The Labute approximate surface area is 329 Å². The first-order chi connectivity index (χ1) is 28.3. The lowest BCUT2D eigenvalue weighted by Crippen LogP contribution is -1.96. The first kappa shape index (κ1) is 31.7. The Morgan fingerprint density at radius 3 is 1.42 bits per heavy atom. The molecule has 0 fully saturated rings. The van der Waals surface area contributed by atoms with Crippen LogP contribution in [-0.4, -0.2) is 13.7 Å². The molecular weight excluding hydrogens is 691 g/mol. The molecule has 0 aliphatic heterocycles. The average Bonchev–Trinajstić information content (AvgIpc) is 3.93. The van der Waals surface area contributed by atoms with E-state index in [9.17, 15) is 0 Å². The minimum atomic E-state index is 1.14. The van der Waals surface area contributed by atoms with Crippen LogP contribution in [0.4, 0.5) is 0 Å². The Morgan fingerprint density at radius 1 is 0.246 bits per heavy atom. The molecule has 0 aliphatic rings. The van der Waals surface area contributed by atoms with Crippen LogP contribution in [0.2, 0.25) is 0 Å². The van der Waals surface area contributed by atoms with Crippen LogP contribution in [-0.2, 0) is 0 Å². The van der Waals surface area contributed by atoms with Crippen molar-refractivity contribution >= 4 is 65.4 Å². The highest BCUT2D eigenvalue weighted by atomic mass is 15.0. The molecule has 0 unspecified atom stereocenters. The maximum absolute atomic E-state index is 2.46. The topological polar surface area (TPSA) is 14.8 Å². The van der Waals surface area contributed by atoms with Gasteiger partial charge in [0.05, 0.1) is 33.1 Å². The van der Waals surface area contributed by atoms with E-state index in [0.29, 0.717) is 0 Å². The van der Waals surface area contributed by atoms with Crippen LogP contribution in [0.1, 0.15) is 0 Å². The monoisotopic (exact) mass is 725 g/mol. The lowest BCUT2D eigenvalue weighted by Gasteiger charge is -2.13. The van der Waals surface area contributed by atoms with E-state index in [1.165, 1.54) is 87.7 Å². The first-order valence-electron chi connectivity index (χ1n) is 19.6. The fourth-order valence-corrected chi connectivity index (χ4v) is 9.44. The smallest absolute Gasteiger partial charge is 0.0641 e. The van der Waals surface area contributed by atoms with Crippen molar-refractivity contribution in [2.24, 2.45) is 0 Å². The van der Waals surface area contributed by atoms with Crippen molar-refractivity contribution in [3.8, 4) is 39.3 Å². The molecule has 0 saturated carbocycles. The zero-order valence-corrected chi connectivity index (χ0v) is 31.0. The molecule has 3 nitrogen and oxygen atoms in total. The van der Waals surface area contributed by atoms with Gasteiger partial charge in [-0.25, -0.2) is 0 Å². The summed E-state index contributed by atoms with van der Waals surface area (Å²) in [5, 5.41) is 7.52. The van der Waals surface area contributed by atoms with Gasteiger partial charge in [-0.2, -0.15) is 0 Å². The van der Waals surface area contributed by atoms with Gasteiger partial charge in [-0.3, -0.25) is 0 Å². The van der Waals surface area contributed by atoms with Gasteiger partial charge in [0.15, 0.2) is 0 Å². The summed E-state index contributed by atoms with van der Waals surface area (Å²) < 4.78 is 7.33. The molecular formula is C54H35N3. The van der Waals surface area contributed by atoms with E-state index in [-0.39, 0.29) is 0 Å². The Kier molecular flexibility index (Phi) is 6.93. The first-order valence-corrected chi connectivity index (χ1v) is 19.6. The summed E-state index contributed by atoms with van der Waals surface area (Å²) in [5.41, 5.74) is 15.5. The predicted octanol–water partition coefficient (Wildman–Crippen LogP) is 14.3. The molecule has 3 aromatic heterocycles. The van der Waals surface area contributed by atoms with Crippen molar-refractivity contribution in [1.29, 1.82) is 0 Å². The zero-order valence-electron chi connectivity index (χ0n) is 31.0. The number of aromatic nitrogens is 3. The van der Waals surface area contributed by atoms with Gasteiger partial charge in [0, 0.05) is 49.4 Å². The number of nitrogens with zero attached hydrogens (tertiary/aromatic N) is 3. The molecule has 0 bridgehead atoms. The summed E-state index contributed by atoms with van der Waals surface area (Å²) >= 11 is 0. The largest absolute Gasteiger partial charge is 0.309 e. The van der Waals surface area contributed by atoms with Gasteiger partial charge in [-0.15, -0.1) is 0 Å². The standard InChI is InChI=1S/C54H35N3/c1-3-16-36(17-4-1)37-18-13-22-40(34-37)55-48-29-11-8-25-45(48)52-42(27-15-31-50(52)55)38-19-14-23-41(35-38)56-49-30-12-9-26-46(49)53-51(56)33-32-44-43-24-7-10-28-47(43)57(54(44)53)39-20-5-2-6-21-39/h1-35H. The number of benzene rings is 9. The average molecular weight is 726 g/mol. The van der Waals surface area contributed by atoms with E-state index < -0.39 is 0 Å². The van der Waals surface area contributed by atoms with Crippen LogP contribution < -0.4 is 0 Å². The van der Waals surface area contributed by atoms with Crippen LogP contribution in [0.3, 0.4) is 0 Å². The van der Waals surface area contributed by atoms with Gasteiger partial charge in [-0.05, 0) is 89.0 Å². The Bertz CT molecular complexity index is 3510. The normalized spacial score (nSPS) is 11.9. The number of fused-ring (bicyclic) bond motifs is 10. The SMILES string of the molecule is c1ccc(-c2cccc(-n3c4ccccc4c4c(-c5cccc(-n6c7ccccc7c7c6ccc6c8ccccc8n(-c8ccccc8)c67)c5)cccc43)c2)cc1. The minimum Gasteiger partial charge on any atom is -0.309 e. The third-order valence-electron chi connectivity index (χ3n) is 11.8. The van der Waals surface area contributed by atoms with Gasteiger partial charge < -0.3 is 13.7 Å². The van der Waals surface area contributed by atoms with Crippen molar-refractivity contribution in [2.75, 3.05) is 0 Å².